The van der Waals surface area contributed by atoms with Crippen LogP contribution in [0, 0.1) is 5.82 Å². The van der Waals surface area contributed by atoms with Gasteiger partial charge in [0.25, 0.3) is 0 Å². The molecule has 0 atom stereocenters. The highest BCUT2D eigenvalue weighted by molar-refractivity contribution is 5.98. The van der Waals surface area contributed by atoms with Crippen LogP contribution in [-0.2, 0) is 4.79 Å². The normalized spacial score (nSPS) is 11.9. The van der Waals surface area contributed by atoms with Crippen molar-refractivity contribution < 1.29 is 14.3 Å². The average Bonchev–Trinajstić information content (AvgIpc) is 2.27. The molecule has 0 radical (unpaired) electrons. The lowest BCUT2D eigenvalue weighted by Crippen LogP contribution is -2.19. The van der Waals surface area contributed by atoms with Crippen molar-refractivity contribution in [2.75, 3.05) is 7.05 Å². The zero-order chi connectivity index (χ0) is 11.4. The number of likely N-dealkylation sites (N-methyl/N-ethyl adjacent to an activating group) is 1. The summed E-state index contributed by atoms with van der Waals surface area (Å²) in [6.07, 6.45) is 0. The Kier molecular flexibility index (Phi) is 3.44. The second-order valence-corrected chi connectivity index (χ2v) is 3.06. The van der Waals surface area contributed by atoms with Gasteiger partial charge in [0.1, 0.15) is 11.6 Å². The van der Waals surface area contributed by atoms with Crippen LogP contribution in [0.4, 0.5) is 4.39 Å². The lowest BCUT2D eigenvalue weighted by Gasteiger charge is -2.05. The molecule has 1 rings (SSSR count). The van der Waals surface area contributed by atoms with Crippen LogP contribution < -0.4 is 5.32 Å². The Morgan fingerprint density at radius 3 is 2.33 bits per heavy atom. The molecule has 3 nitrogen and oxygen atoms in total. The highest BCUT2D eigenvalue weighted by Crippen LogP contribution is 2.16. The molecular weight excluding hydrogens is 197 g/mol. The number of benzene rings is 1. The van der Waals surface area contributed by atoms with Gasteiger partial charge in [-0.05, 0) is 31.2 Å². The van der Waals surface area contributed by atoms with Crippen molar-refractivity contribution in [2.24, 2.45) is 0 Å². The summed E-state index contributed by atoms with van der Waals surface area (Å²) in [6.45, 7) is 1.50. The molecule has 15 heavy (non-hydrogen) atoms. The maximum atomic E-state index is 12.6. The second kappa shape index (κ2) is 4.59. The Hall–Kier alpha value is -1.84. The van der Waals surface area contributed by atoms with E-state index in [9.17, 15) is 14.3 Å². The number of halogens is 1. The predicted molar refractivity (Wildman–Crippen MR) is 55.7 cm³/mol. The van der Waals surface area contributed by atoms with Crippen molar-refractivity contribution in [3.8, 4) is 0 Å². The molecule has 0 aromatic heterocycles. The molecule has 1 amide bonds. The van der Waals surface area contributed by atoms with E-state index in [1.165, 1.54) is 38.2 Å². The lowest BCUT2D eigenvalue weighted by atomic mass is 10.1. The van der Waals surface area contributed by atoms with Crippen LogP contribution in [0.25, 0.3) is 5.76 Å². The van der Waals surface area contributed by atoms with Crippen LogP contribution in [-0.4, -0.2) is 18.1 Å². The molecule has 0 aliphatic rings. The van der Waals surface area contributed by atoms with Gasteiger partial charge in [0.2, 0.25) is 5.91 Å². The fraction of sp³-hybridized carbons (Fsp3) is 0.182. The van der Waals surface area contributed by atoms with Gasteiger partial charge in [0, 0.05) is 12.6 Å². The molecule has 0 fully saturated rings. The zero-order valence-corrected chi connectivity index (χ0v) is 8.54. The molecule has 0 aliphatic carbocycles. The van der Waals surface area contributed by atoms with Gasteiger partial charge >= 0.3 is 0 Å². The number of aliphatic hydroxyl groups is 1. The number of aliphatic hydroxyl groups excluding tert-OH is 1. The summed E-state index contributed by atoms with van der Waals surface area (Å²) in [4.78, 5) is 11.2. The third kappa shape index (κ3) is 2.56. The lowest BCUT2D eigenvalue weighted by molar-refractivity contribution is -0.117. The van der Waals surface area contributed by atoms with Crippen LogP contribution in [0.1, 0.15) is 12.5 Å². The van der Waals surface area contributed by atoms with E-state index in [0.717, 1.165) is 0 Å². The maximum absolute atomic E-state index is 12.6. The number of nitrogens with one attached hydrogen (secondary N) is 1. The third-order valence-electron chi connectivity index (χ3n) is 2.04. The summed E-state index contributed by atoms with van der Waals surface area (Å²) in [6, 6.07) is 5.28. The van der Waals surface area contributed by atoms with Crippen LogP contribution in [0.5, 0.6) is 0 Å². The van der Waals surface area contributed by atoms with Crippen molar-refractivity contribution in [2.45, 2.75) is 6.92 Å². The van der Waals surface area contributed by atoms with Gasteiger partial charge in [-0.1, -0.05) is 0 Å². The van der Waals surface area contributed by atoms with E-state index in [0.29, 0.717) is 5.56 Å². The number of hydrogen-bond acceptors (Lipinski definition) is 2. The number of hydrogen-bond donors (Lipinski definition) is 2. The van der Waals surface area contributed by atoms with E-state index in [-0.39, 0.29) is 23.1 Å². The first-order valence-corrected chi connectivity index (χ1v) is 4.44. The van der Waals surface area contributed by atoms with Gasteiger partial charge in [-0.3, -0.25) is 4.79 Å². The van der Waals surface area contributed by atoms with E-state index >= 15 is 0 Å². The first-order chi connectivity index (χ1) is 7.06. The highest BCUT2D eigenvalue weighted by Gasteiger charge is 2.09. The summed E-state index contributed by atoms with van der Waals surface area (Å²) in [5.74, 6) is -0.893. The summed E-state index contributed by atoms with van der Waals surface area (Å²) >= 11 is 0. The van der Waals surface area contributed by atoms with Gasteiger partial charge in [-0.2, -0.15) is 0 Å². The standard InChI is InChI=1S/C11H12FNO2/c1-7(11(15)13-2)10(14)8-3-5-9(12)6-4-8/h3-6,14H,1-2H3,(H,13,15)/b10-7+. The fourth-order valence-corrected chi connectivity index (χ4v) is 1.12. The Morgan fingerprint density at radius 1 is 1.33 bits per heavy atom. The van der Waals surface area contributed by atoms with Crippen LogP contribution in [0.2, 0.25) is 0 Å². The molecule has 0 unspecified atom stereocenters. The van der Waals surface area contributed by atoms with Crippen LogP contribution >= 0.6 is 0 Å². The second-order valence-electron chi connectivity index (χ2n) is 3.06. The molecule has 80 valence electrons. The molecule has 2 N–H and O–H groups in total. The van der Waals surface area contributed by atoms with E-state index in [1.807, 2.05) is 0 Å². The first-order valence-electron chi connectivity index (χ1n) is 4.44. The number of rotatable bonds is 2. The molecule has 0 spiro atoms. The number of carbonyl (C=O) groups is 1. The number of carbonyl (C=O) groups excluding carboxylic acids is 1. The monoisotopic (exact) mass is 209 g/mol. The van der Waals surface area contributed by atoms with Gasteiger partial charge in [-0.25, -0.2) is 4.39 Å². The van der Waals surface area contributed by atoms with E-state index < -0.39 is 0 Å². The van der Waals surface area contributed by atoms with Crippen molar-refractivity contribution in [3.05, 3.63) is 41.2 Å². The van der Waals surface area contributed by atoms with E-state index in [1.54, 1.807) is 0 Å². The highest BCUT2D eigenvalue weighted by atomic mass is 19.1. The minimum Gasteiger partial charge on any atom is -0.507 e. The molecule has 0 heterocycles. The summed E-state index contributed by atoms with van der Waals surface area (Å²) < 4.78 is 12.6. The molecule has 0 saturated heterocycles. The van der Waals surface area contributed by atoms with Gasteiger partial charge < -0.3 is 10.4 Å². The molecule has 4 heteroatoms. The smallest absolute Gasteiger partial charge is 0.250 e. The van der Waals surface area contributed by atoms with Gasteiger partial charge in [0.15, 0.2) is 0 Å². The summed E-state index contributed by atoms with van der Waals surface area (Å²) in [5, 5.41) is 12.1. The van der Waals surface area contributed by atoms with Gasteiger partial charge in [-0.15, -0.1) is 0 Å². The quantitative estimate of drug-likeness (QED) is 0.577. The Labute approximate surface area is 87.2 Å². The Bertz CT molecular complexity index is 396. The zero-order valence-electron chi connectivity index (χ0n) is 8.54. The van der Waals surface area contributed by atoms with E-state index in [2.05, 4.69) is 5.32 Å². The molecule has 1 aromatic carbocycles. The maximum Gasteiger partial charge on any atom is 0.250 e. The molecule has 1 aromatic rings. The van der Waals surface area contributed by atoms with Crippen molar-refractivity contribution in [1.29, 1.82) is 0 Å². The van der Waals surface area contributed by atoms with Crippen molar-refractivity contribution in [3.63, 3.8) is 0 Å². The van der Waals surface area contributed by atoms with Crippen LogP contribution in [0.15, 0.2) is 29.8 Å². The van der Waals surface area contributed by atoms with Gasteiger partial charge in [0.05, 0.1) is 5.57 Å². The van der Waals surface area contributed by atoms with Crippen molar-refractivity contribution >= 4 is 11.7 Å². The average molecular weight is 209 g/mol. The fourth-order valence-electron chi connectivity index (χ4n) is 1.12. The summed E-state index contributed by atoms with van der Waals surface area (Å²) in [5.41, 5.74) is 0.613. The molecule has 0 aliphatic heterocycles. The third-order valence-corrected chi connectivity index (χ3v) is 2.04. The largest absolute Gasteiger partial charge is 0.507 e. The number of amides is 1. The predicted octanol–water partition coefficient (Wildman–Crippen LogP) is 1.86. The molecule has 0 bridgehead atoms. The minimum absolute atomic E-state index is 0.144. The first kappa shape index (κ1) is 11.2. The molecule has 0 saturated carbocycles. The summed E-state index contributed by atoms with van der Waals surface area (Å²) in [7, 11) is 1.48. The van der Waals surface area contributed by atoms with E-state index in [4.69, 9.17) is 0 Å². The Balaban J connectivity index is 3.07. The minimum atomic E-state index is -0.385. The SMILES string of the molecule is CNC(=O)/C(C)=C(/O)c1ccc(F)cc1. The molecular formula is C11H12FNO2. The topological polar surface area (TPSA) is 49.3 Å². The Morgan fingerprint density at radius 2 is 1.87 bits per heavy atom. The van der Waals surface area contributed by atoms with Crippen molar-refractivity contribution in [1.82, 2.24) is 5.32 Å². The van der Waals surface area contributed by atoms with Crippen LogP contribution in [0.3, 0.4) is 0 Å².